The quantitative estimate of drug-likeness (QED) is 0.596. The SMILES string of the molecule is O=C(Nc1cccc(CCl)c1)c1cc(O)ccc1O. The topological polar surface area (TPSA) is 69.6 Å². The van der Waals surface area contributed by atoms with Gasteiger partial charge in [-0.1, -0.05) is 12.1 Å². The molecule has 3 N–H and O–H groups in total. The second kappa shape index (κ2) is 5.63. The molecular weight excluding hydrogens is 266 g/mol. The molecule has 0 heterocycles. The van der Waals surface area contributed by atoms with Gasteiger partial charge in [0.15, 0.2) is 0 Å². The summed E-state index contributed by atoms with van der Waals surface area (Å²) in [5.74, 6) is -0.428. The highest BCUT2D eigenvalue weighted by atomic mass is 35.5. The predicted octanol–water partition coefficient (Wildman–Crippen LogP) is 3.09. The first-order valence-corrected chi connectivity index (χ1v) is 6.12. The van der Waals surface area contributed by atoms with E-state index in [1.807, 2.05) is 6.07 Å². The Bertz CT molecular complexity index is 613. The molecule has 0 unspecified atom stereocenters. The normalized spacial score (nSPS) is 10.2. The fourth-order valence-electron chi connectivity index (χ4n) is 1.64. The lowest BCUT2D eigenvalue weighted by atomic mass is 10.1. The molecule has 4 nitrogen and oxygen atoms in total. The molecule has 0 bridgehead atoms. The van der Waals surface area contributed by atoms with E-state index in [1.54, 1.807) is 18.2 Å². The summed E-state index contributed by atoms with van der Waals surface area (Å²) in [5.41, 5.74) is 1.46. The Hall–Kier alpha value is -2.20. The standard InChI is InChI=1S/C14H12ClNO3/c15-8-9-2-1-3-10(6-9)16-14(19)12-7-11(17)4-5-13(12)18/h1-7,17-18H,8H2,(H,16,19). The maximum atomic E-state index is 12.0. The molecule has 19 heavy (non-hydrogen) atoms. The molecule has 0 saturated carbocycles. The predicted molar refractivity (Wildman–Crippen MR) is 73.7 cm³/mol. The summed E-state index contributed by atoms with van der Waals surface area (Å²) in [7, 11) is 0. The fraction of sp³-hybridized carbons (Fsp3) is 0.0714. The number of rotatable bonds is 3. The van der Waals surface area contributed by atoms with Crippen LogP contribution in [0.15, 0.2) is 42.5 Å². The lowest BCUT2D eigenvalue weighted by Crippen LogP contribution is -2.12. The molecule has 0 atom stereocenters. The molecule has 98 valence electrons. The minimum Gasteiger partial charge on any atom is -0.508 e. The number of aromatic hydroxyl groups is 2. The van der Waals surface area contributed by atoms with Crippen LogP contribution in [0.1, 0.15) is 15.9 Å². The lowest BCUT2D eigenvalue weighted by Gasteiger charge is -2.08. The van der Waals surface area contributed by atoms with Gasteiger partial charge in [-0.25, -0.2) is 0 Å². The molecule has 2 aromatic carbocycles. The maximum Gasteiger partial charge on any atom is 0.259 e. The Kier molecular flexibility index (Phi) is 3.92. The van der Waals surface area contributed by atoms with Gasteiger partial charge in [0, 0.05) is 11.6 Å². The first-order chi connectivity index (χ1) is 9.10. The summed E-state index contributed by atoms with van der Waals surface area (Å²) < 4.78 is 0. The summed E-state index contributed by atoms with van der Waals surface area (Å²) in [5, 5.41) is 21.5. The average Bonchev–Trinajstić information content (AvgIpc) is 2.41. The van der Waals surface area contributed by atoms with Crippen LogP contribution in [-0.2, 0) is 5.88 Å². The van der Waals surface area contributed by atoms with Crippen LogP contribution < -0.4 is 5.32 Å². The van der Waals surface area contributed by atoms with Crippen molar-refractivity contribution in [3.63, 3.8) is 0 Å². The van der Waals surface area contributed by atoms with E-state index in [2.05, 4.69) is 5.32 Å². The summed E-state index contributed by atoms with van der Waals surface area (Å²) in [6.07, 6.45) is 0. The van der Waals surface area contributed by atoms with Gasteiger partial charge in [-0.3, -0.25) is 4.79 Å². The van der Waals surface area contributed by atoms with Crippen molar-refractivity contribution in [1.82, 2.24) is 0 Å². The summed E-state index contributed by atoms with van der Waals surface area (Å²) in [6, 6.07) is 10.8. The minimum atomic E-state index is -0.500. The highest BCUT2D eigenvalue weighted by molar-refractivity contribution is 6.17. The molecule has 0 spiro atoms. The highest BCUT2D eigenvalue weighted by Crippen LogP contribution is 2.23. The molecule has 0 aliphatic heterocycles. The molecule has 0 aliphatic carbocycles. The Labute approximate surface area is 115 Å². The maximum absolute atomic E-state index is 12.0. The van der Waals surface area contributed by atoms with E-state index in [-0.39, 0.29) is 17.1 Å². The molecule has 5 heteroatoms. The van der Waals surface area contributed by atoms with Crippen LogP contribution in [-0.4, -0.2) is 16.1 Å². The minimum absolute atomic E-state index is 0.0104. The number of nitrogens with one attached hydrogen (secondary N) is 1. The van der Waals surface area contributed by atoms with Crippen molar-refractivity contribution in [1.29, 1.82) is 0 Å². The number of carbonyl (C=O) groups is 1. The highest BCUT2D eigenvalue weighted by Gasteiger charge is 2.12. The van der Waals surface area contributed by atoms with Crippen molar-refractivity contribution in [2.45, 2.75) is 5.88 Å². The van der Waals surface area contributed by atoms with Crippen molar-refractivity contribution < 1.29 is 15.0 Å². The number of hydrogen-bond donors (Lipinski definition) is 3. The van der Waals surface area contributed by atoms with Gasteiger partial charge in [-0.05, 0) is 35.9 Å². The molecule has 2 aromatic rings. The van der Waals surface area contributed by atoms with Gasteiger partial charge in [0.05, 0.1) is 5.56 Å². The number of amides is 1. The number of hydrogen-bond acceptors (Lipinski definition) is 3. The number of alkyl halides is 1. The smallest absolute Gasteiger partial charge is 0.259 e. The number of anilines is 1. The Balaban J connectivity index is 2.23. The summed E-state index contributed by atoms with van der Waals surface area (Å²) in [6.45, 7) is 0. The van der Waals surface area contributed by atoms with E-state index in [0.717, 1.165) is 5.56 Å². The van der Waals surface area contributed by atoms with Crippen LogP contribution in [0, 0.1) is 0 Å². The van der Waals surface area contributed by atoms with Crippen LogP contribution in [0.2, 0.25) is 0 Å². The molecular formula is C14H12ClNO3. The molecule has 0 saturated heterocycles. The summed E-state index contributed by atoms with van der Waals surface area (Å²) in [4.78, 5) is 12.0. The fourth-order valence-corrected chi connectivity index (χ4v) is 1.80. The zero-order valence-electron chi connectivity index (χ0n) is 9.93. The van der Waals surface area contributed by atoms with Gasteiger partial charge in [0.2, 0.25) is 0 Å². The number of benzene rings is 2. The van der Waals surface area contributed by atoms with Crippen LogP contribution >= 0.6 is 11.6 Å². The van der Waals surface area contributed by atoms with Gasteiger partial charge >= 0.3 is 0 Å². The molecule has 2 rings (SSSR count). The summed E-state index contributed by atoms with van der Waals surface area (Å²) >= 11 is 5.71. The van der Waals surface area contributed by atoms with Crippen molar-refractivity contribution in [2.75, 3.05) is 5.32 Å². The zero-order chi connectivity index (χ0) is 13.8. The molecule has 0 aromatic heterocycles. The van der Waals surface area contributed by atoms with Gasteiger partial charge in [0.1, 0.15) is 11.5 Å². The van der Waals surface area contributed by atoms with Crippen LogP contribution in [0.25, 0.3) is 0 Å². The van der Waals surface area contributed by atoms with E-state index < -0.39 is 5.91 Å². The van der Waals surface area contributed by atoms with Crippen molar-refractivity contribution in [3.8, 4) is 11.5 Å². The van der Waals surface area contributed by atoms with Crippen molar-refractivity contribution in [3.05, 3.63) is 53.6 Å². The number of phenolic OH excluding ortho intramolecular Hbond substituents is 2. The van der Waals surface area contributed by atoms with Crippen molar-refractivity contribution >= 4 is 23.2 Å². The van der Waals surface area contributed by atoms with Gasteiger partial charge in [-0.15, -0.1) is 11.6 Å². The van der Waals surface area contributed by atoms with E-state index in [4.69, 9.17) is 11.6 Å². The third-order valence-electron chi connectivity index (χ3n) is 2.56. The van der Waals surface area contributed by atoms with Crippen LogP contribution in [0.3, 0.4) is 0 Å². The second-order valence-corrected chi connectivity index (χ2v) is 4.26. The molecule has 0 aliphatic rings. The molecule has 0 fully saturated rings. The monoisotopic (exact) mass is 277 g/mol. The zero-order valence-corrected chi connectivity index (χ0v) is 10.7. The third-order valence-corrected chi connectivity index (χ3v) is 2.87. The van der Waals surface area contributed by atoms with Gasteiger partial charge < -0.3 is 15.5 Å². The number of carbonyl (C=O) groups excluding carboxylic acids is 1. The number of halogens is 1. The number of phenols is 2. The second-order valence-electron chi connectivity index (χ2n) is 3.99. The third kappa shape index (κ3) is 3.17. The van der Waals surface area contributed by atoms with Gasteiger partial charge in [0.25, 0.3) is 5.91 Å². The Morgan fingerprint density at radius 2 is 1.95 bits per heavy atom. The first kappa shape index (κ1) is 13.2. The Morgan fingerprint density at radius 3 is 2.68 bits per heavy atom. The van der Waals surface area contributed by atoms with Crippen LogP contribution in [0.5, 0.6) is 11.5 Å². The van der Waals surface area contributed by atoms with Crippen molar-refractivity contribution in [2.24, 2.45) is 0 Å². The van der Waals surface area contributed by atoms with Crippen LogP contribution in [0.4, 0.5) is 5.69 Å². The Morgan fingerprint density at radius 1 is 1.16 bits per heavy atom. The van der Waals surface area contributed by atoms with E-state index in [1.165, 1.54) is 18.2 Å². The van der Waals surface area contributed by atoms with E-state index >= 15 is 0 Å². The first-order valence-electron chi connectivity index (χ1n) is 5.58. The average molecular weight is 278 g/mol. The van der Waals surface area contributed by atoms with Gasteiger partial charge in [-0.2, -0.15) is 0 Å². The molecule has 0 radical (unpaired) electrons. The largest absolute Gasteiger partial charge is 0.508 e. The van der Waals surface area contributed by atoms with E-state index in [0.29, 0.717) is 11.6 Å². The lowest BCUT2D eigenvalue weighted by molar-refractivity contribution is 0.102. The molecule has 1 amide bonds. The van der Waals surface area contributed by atoms with E-state index in [9.17, 15) is 15.0 Å².